The van der Waals surface area contributed by atoms with Crippen molar-refractivity contribution in [1.29, 1.82) is 5.26 Å². The van der Waals surface area contributed by atoms with Gasteiger partial charge in [0.2, 0.25) is 0 Å². The van der Waals surface area contributed by atoms with Crippen LogP contribution in [-0.4, -0.2) is 0 Å². The minimum Gasteiger partial charge on any atom is -0.456 e. The summed E-state index contributed by atoms with van der Waals surface area (Å²) in [5.74, 6) is 0.695. The van der Waals surface area contributed by atoms with Crippen LogP contribution in [-0.2, 0) is 11.9 Å². The molecule has 0 saturated carbocycles. The normalized spacial score (nSPS) is 11.0. The Morgan fingerprint density at radius 3 is 2.52 bits per heavy atom. The molecule has 0 atom stereocenters. The van der Waals surface area contributed by atoms with Gasteiger partial charge in [-0.1, -0.05) is 12.1 Å². The van der Waals surface area contributed by atoms with Crippen molar-refractivity contribution in [2.45, 2.75) is 11.9 Å². The fourth-order valence-corrected chi connectivity index (χ4v) is 1.91. The second kappa shape index (κ2) is 6.10. The van der Waals surface area contributed by atoms with Crippen molar-refractivity contribution in [3.8, 4) is 17.6 Å². The van der Waals surface area contributed by atoms with Gasteiger partial charge in [-0.3, -0.25) is 0 Å². The topological polar surface area (TPSA) is 33.0 Å². The summed E-state index contributed by atoms with van der Waals surface area (Å²) in [6.45, 7) is 0. The van der Waals surface area contributed by atoms with Gasteiger partial charge in [-0.25, -0.2) is 0 Å². The summed E-state index contributed by atoms with van der Waals surface area (Å²) in [5.41, 5.74) is 0.274. The van der Waals surface area contributed by atoms with Crippen LogP contribution in [0.25, 0.3) is 0 Å². The molecule has 0 N–H and O–H groups in total. The second-order valence-corrected chi connectivity index (χ2v) is 4.54. The van der Waals surface area contributed by atoms with E-state index in [4.69, 9.17) is 10.00 Å². The number of benzene rings is 2. The lowest BCUT2D eigenvalue weighted by atomic mass is 10.1. The quantitative estimate of drug-likeness (QED) is 0.826. The van der Waals surface area contributed by atoms with Gasteiger partial charge in [0.1, 0.15) is 17.6 Å². The largest absolute Gasteiger partial charge is 0.456 e. The van der Waals surface area contributed by atoms with Gasteiger partial charge in [-0.05, 0) is 35.9 Å². The number of nitriles is 1. The molecule has 0 saturated heterocycles. The number of ether oxygens (including phenoxy) is 1. The Bertz CT molecular complexity index is 692. The number of rotatable bonds is 3. The van der Waals surface area contributed by atoms with Gasteiger partial charge in [-0.2, -0.15) is 31.1 Å². The summed E-state index contributed by atoms with van der Waals surface area (Å²) in [6.07, 6.45) is -4.44. The molecule has 0 aliphatic carbocycles. The van der Waals surface area contributed by atoms with E-state index in [9.17, 15) is 13.2 Å². The molecule has 0 unspecified atom stereocenters. The number of alkyl halides is 3. The first-order valence-corrected chi connectivity index (χ1v) is 6.56. The van der Waals surface area contributed by atoms with Crippen molar-refractivity contribution < 1.29 is 17.9 Å². The molecule has 0 aliphatic heterocycles. The van der Waals surface area contributed by atoms with Gasteiger partial charge >= 0.3 is 6.18 Å². The van der Waals surface area contributed by atoms with Gasteiger partial charge in [0.25, 0.3) is 0 Å². The summed E-state index contributed by atoms with van der Waals surface area (Å²) in [4.78, 5) is 0. The molecule has 21 heavy (non-hydrogen) atoms. The summed E-state index contributed by atoms with van der Waals surface area (Å²) in [7, 11) is 0. The number of thiol groups is 1. The Morgan fingerprint density at radius 1 is 1.14 bits per heavy atom. The maximum atomic E-state index is 12.6. The Kier molecular flexibility index (Phi) is 4.43. The molecule has 6 heteroatoms. The average molecular weight is 309 g/mol. The fraction of sp³-hybridized carbons (Fsp3) is 0.133. The van der Waals surface area contributed by atoms with E-state index in [2.05, 4.69) is 12.6 Å². The van der Waals surface area contributed by atoms with Crippen LogP contribution in [0.4, 0.5) is 13.2 Å². The van der Waals surface area contributed by atoms with E-state index in [1.807, 2.05) is 6.07 Å². The predicted octanol–water partition coefficient (Wildman–Crippen LogP) is 4.80. The molecular formula is C15H10F3NOS. The smallest absolute Gasteiger partial charge is 0.416 e. The van der Waals surface area contributed by atoms with Gasteiger partial charge in [0.15, 0.2) is 0 Å². The molecule has 0 heterocycles. The molecule has 108 valence electrons. The van der Waals surface area contributed by atoms with Crippen molar-refractivity contribution in [3.63, 3.8) is 0 Å². The molecule has 0 bridgehead atoms. The van der Waals surface area contributed by atoms with Crippen LogP contribution in [0.1, 0.15) is 16.7 Å². The number of hydrogen-bond donors (Lipinski definition) is 1. The Labute approximate surface area is 125 Å². The Morgan fingerprint density at radius 2 is 1.90 bits per heavy atom. The Balaban J connectivity index is 2.33. The van der Waals surface area contributed by atoms with Gasteiger partial charge in [0, 0.05) is 5.75 Å². The molecule has 0 spiro atoms. The van der Waals surface area contributed by atoms with E-state index < -0.39 is 11.7 Å². The predicted molar refractivity (Wildman–Crippen MR) is 75.4 cm³/mol. The standard InChI is InChI=1S/C15H10F3NOS/c16-15(17,18)12-2-1-3-13(7-12)20-14-5-4-10(9-21)6-11(14)8-19/h1-7,21H,9H2. The summed E-state index contributed by atoms with van der Waals surface area (Å²) in [6, 6.07) is 11.3. The first-order chi connectivity index (χ1) is 9.94. The monoisotopic (exact) mass is 309 g/mol. The average Bonchev–Trinajstić information content (AvgIpc) is 2.47. The maximum absolute atomic E-state index is 12.6. The molecule has 0 amide bonds. The first-order valence-electron chi connectivity index (χ1n) is 5.93. The zero-order valence-corrected chi connectivity index (χ0v) is 11.6. The van der Waals surface area contributed by atoms with Gasteiger partial charge in [-0.15, -0.1) is 0 Å². The van der Waals surface area contributed by atoms with Crippen molar-refractivity contribution in [3.05, 3.63) is 59.2 Å². The molecule has 2 nitrogen and oxygen atoms in total. The highest BCUT2D eigenvalue weighted by atomic mass is 32.1. The van der Waals surface area contributed by atoms with Crippen LogP contribution in [0.2, 0.25) is 0 Å². The van der Waals surface area contributed by atoms with E-state index in [0.717, 1.165) is 17.7 Å². The number of halogens is 3. The van der Waals surface area contributed by atoms with Gasteiger partial charge in [0.05, 0.1) is 11.1 Å². The van der Waals surface area contributed by atoms with E-state index >= 15 is 0 Å². The highest BCUT2D eigenvalue weighted by molar-refractivity contribution is 7.79. The second-order valence-electron chi connectivity index (χ2n) is 4.23. The van der Waals surface area contributed by atoms with E-state index in [1.54, 1.807) is 18.2 Å². The molecule has 2 aromatic carbocycles. The lowest BCUT2D eigenvalue weighted by molar-refractivity contribution is -0.137. The third-order valence-corrected chi connectivity index (χ3v) is 3.10. The first kappa shape index (κ1) is 15.3. The van der Waals surface area contributed by atoms with Crippen molar-refractivity contribution >= 4 is 12.6 Å². The molecule has 2 aromatic rings. The molecule has 0 radical (unpaired) electrons. The van der Waals surface area contributed by atoms with Crippen LogP contribution in [0, 0.1) is 11.3 Å². The van der Waals surface area contributed by atoms with E-state index in [1.165, 1.54) is 12.1 Å². The molecule has 0 aliphatic rings. The zero-order valence-electron chi connectivity index (χ0n) is 10.7. The summed E-state index contributed by atoms with van der Waals surface area (Å²) >= 11 is 4.10. The highest BCUT2D eigenvalue weighted by Crippen LogP contribution is 2.33. The lowest BCUT2D eigenvalue weighted by Crippen LogP contribution is -2.04. The van der Waals surface area contributed by atoms with Crippen LogP contribution in [0.5, 0.6) is 11.5 Å². The van der Waals surface area contributed by atoms with Crippen molar-refractivity contribution in [1.82, 2.24) is 0 Å². The maximum Gasteiger partial charge on any atom is 0.416 e. The molecule has 0 aromatic heterocycles. The lowest BCUT2D eigenvalue weighted by Gasteiger charge is -2.11. The Hall–Kier alpha value is -2.13. The van der Waals surface area contributed by atoms with Crippen molar-refractivity contribution in [2.75, 3.05) is 0 Å². The molecular weight excluding hydrogens is 299 g/mol. The van der Waals surface area contributed by atoms with Crippen LogP contribution in [0.15, 0.2) is 42.5 Å². The van der Waals surface area contributed by atoms with Crippen molar-refractivity contribution in [2.24, 2.45) is 0 Å². The van der Waals surface area contributed by atoms with E-state index in [-0.39, 0.29) is 17.1 Å². The minimum atomic E-state index is -4.44. The SMILES string of the molecule is N#Cc1cc(CS)ccc1Oc1cccc(C(F)(F)F)c1. The van der Waals surface area contributed by atoms with Gasteiger partial charge < -0.3 is 4.74 Å². The minimum absolute atomic E-state index is 0.0277. The van der Waals surface area contributed by atoms with Crippen LogP contribution in [0.3, 0.4) is 0 Å². The number of nitrogens with zero attached hydrogens (tertiary/aromatic N) is 1. The fourth-order valence-electron chi connectivity index (χ4n) is 1.71. The molecule has 2 rings (SSSR count). The van der Waals surface area contributed by atoms with Crippen LogP contribution >= 0.6 is 12.6 Å². The third kappa shape index (κ3) is 3.70. The summed E-state index contributed by atoms with van der Waals surface area (Å²) < 4.78 is 43.3. The highest BCUT2D eigenvalue weighted by Gasteiger charge is 2.30. The number of hydrogen-bond acceptors (Lipinski definition) is 3. The van der Waals surface area contributed by atoms with Crippen LogP contribution < -0.4 is 4.74 Å². The van der Waals surface area contributed by atoms with E-state index in [0.29, 0.717) is 5.75 Å². The summed E-state index contributed by atoms with van der Waals surface area (Å²) in [5, 5.41) is 9.07. The zero-order chi connectivity index (χ0) is 15.5. The third-order valence-electron chi connectivity index (χ3n) is 2.74. The molecule has 0 fully saturated rings.